The van der Waals surface area contributed by atoms with Crippen LogP contribution in [0.1, 0.15) is 5.56 Å². The lowest BCUT2D eigenvalue weighted by Gasteiger charge is -2.14. The van der Waals surface area contributed by atoms with Crippen molar-refractivity contribution in [1.29, 1.82) is 5.26 Å². The summed E-state index contributed by atoms with van der Waals surface area (Å²) in [4.78, 5) is 10.3. The molecular formula is C41H24ClN3. The molecule has 0 fully saturated rings. The first-order chi connectivity index (χ1) is 22.2. The van der Waals surface area contributed by atoms with Crippen LogP contribution in [0.3, 0.4) is 0 Å². The number of benzene rings is 7. The topological polar surface area (TPSA) is 49.6 Å². The van der Waals surface area contributed by atoms with Gasteiger partial charge in [0.25, 0.3) is 0 Å². The van der Waals surface area contributed by atoms with Gasteiger partial charge in [-0.15, -0.1) is 0 Å². The van der Waals surface area contributed by atoms with E-state index in [0.29, 0.717) is 16.4 Å². The van der Waals surface area contributed by atoms with Gasteiger partial charge in [0.1, 0.15) is 6.07 Å². The Kier molecular flexibility index (Phi) is 6.56. The summed E-state index contributed by atoms with van der Waals surface area (Å²) in [7, 11) is 0. The van der Waals surface area contributed by atoms with Crippen LogP contribution in [0.5, 0.6) is 0 Å². The lowest BCUT2D eigenvalue weighted by atomic mass is 9.96. The number of halogens is 1. The first-order valence-corrected chi connectivity index (χ1v) is 15.1. The average molecular weight is 594 g/mol. The molecule has 0 aliphatic heterocycles. The second-order valence-electron chi connectivity index (χ2n) is 11.1. The van der Waals surface area contributed by atoms with Gasteiger partial charge in [-0.2, -0.15) is 5.26 Å². The number of aromatic nitrogens is 2. The van der Waals surface area contributed by atoms with Gasteiger partial charge in [0.15, 0.2) is 5.82 Å². The van der Waals surface area contributed by atoms with E-state index in [1.54, 1.807) is 6.07 Å². The number of rotatable bonds is 4. The molecule has 0 aliphatic carbocycles. The minimum Gasteiger partial charge on any atom is -0.228 e. The zero-order valence-electron chi connectivity index (χ0n) is 24.1. The van der Waals surface area contributed by atoms with Gasteiger partial charge in [-0.05, 0) is 62.7 Å². The molecular weight excluding hydrogens is 570 g/mol. The quantitative estimate of drug-likeness (QED) is 0.204. The van der Waals surface area contributed by atoms with Gasteiger partial charge in [0, 0.05) is 21.9 Å². The van der Waals surface area contributed by atoms with Crippen LogP contribution in [0.25, 0.3) is 77.3 Å². The highest BCUT2D eigenvalue weighted by atomic mass is 35.5. The maximum Gasteiger partial charge on any atom is 0.161 e. The third-order valence-corrected chi connectivity index (χ3v) is 8.79. The Bertz CT molecular complexity index is 2440. The first-order valence-electron chi connectivity index (χ1n) is 14.7. The molecule has 0 saturated heterocycles. The van der Waals surface area contributed by atoms with Crippen molar-refractivity contribution in [2.24, 2.45) is 0 Å². The van der Waals surface area contributed by atoms with E-state index in [2.05, 4.69) is 109 Å². The Morgan fingerprint density at radius 3 is 1.89 bits per heavy atom. The number of nitrogens with zero attached hydrogens (tertiary/aromatic N) is 3. The molecule has 7 aromatic carbocycles. The van der Waals surface area contributed by atoms with Crippen molar-refractivity contribution in [3.8, 4) is 51.0 Å². The molecule has 1 aromatic heterocycles. The van der Waals surface area contributed by atoms with Gasteiger partial charge < -0.3 is 0 Å². The summed E-state index contributed by atoms with van der Waals surface area (Å²) in [6.07, 6.45) is 0. The van der Waals surface area contributed by atoms with Crippen LogP contribution in [0.2, 0.25) is 5.02 Å². The predicted octanol–water partition coefficient (Wildman–Crippen LogP) is 11.1. The van der Waals surface area contributed by atoms with E-state index < -0.39 is 0 Å². The lowest BCUT2D eigenvalue weighted by molar-refractivity contribution is 1.23. The highest BCUT2D eigenvalue weighted by Crippen LogP contribution is 2.38. The molecule has 0 aliphatic rings. The van der Waals surface area contributed by atoms with Crippen LogP contribution in [0.4, 0.5) is 0 Å². The summed E-state index contributed by atoms with van der Waals surface area (Å²) < 4.78 is 0. The van der Waals surface area contributed by atoms with E-state index in [1.807, 2.05) is 36.4 Å². The van der Waals surface area contributed by atoms with Crippen LogP contribution in [0, 0.1) is 11.3 Å². The summed E-state index contributed by atoms with van der Waals surface area (Å²) >= 11 is 6.64. The summed E-state index contributed by atoms with van der Waals surface area (Å²) in [6, 6.07) is 52.1. The fraction of sp³-hybridized carbons (Fsp3) is 0. The Hall–Kier alpha value is -5.82. The van der Waals surface area contributed by atoms with Crippen molar-refractivity contribution < 1.29 is 0 Å². The molecule has 4 heteroatoms. The summed E-state index contributed by atoms with van der Waals surface area (Å²) in [5, 5.41) is 15.3. The Morgan fingerprint density at radius 2 is 1.11 bits per heavy atom. The van der Waals surface area contributed by atoms with E-state index in [0.717, 1.165) is 55.0 Å². The van der Waals surface area contributed by atoms with Crippen molar-refractivity contribution in [2.75, 3.05) is 0 Å². The molecule has 3 nitrogen and oxygen atoms in total. The van der Waals surface area contributed by atoms with Crippen LogP contribution in [0.15, 0.2) is 146 Å². The molecule has 0 saturated carbocycles. The molecule has 0 radical (unpaired) electrons. The smallest absolute Gasteiger partial charge is 0.161 e. The Morgan fingerprint density at radius 1 is 0.489 bits per heavy atom. The van der Waals surface area contributed by atoms with E-state index >= 15 is 0 Å². The SMILES string of the molecule is N#Cc1cc(-c2nc(-c3ccc4ccccc4c3)c3cc(-c4ccc(-c5ccccc5)cc4)ccc3n2)c2ccccc2c1Cl. The molecule has 0 atom stereocenters. The number of fused-ring (bicyclic) bond motifs is 3. The maximum absolute atomic E-state index is 9.90. The van der Waals surface area contributed by atoms with E-state index in [9.17, 15) is 5.26 Å². The van der Waals surface area contributed by atoms with Gasteiger partial charge >= 0.3 is 0 Å². The minimum atomic E-state index is 0.399. The lowest BCUT2D eigenvalue weighted by Crippen LogP contribution is -1.97. The average Bonchev–Trinajstić information content (AvgIpc) is 3.11. The van der Waals surface area contributed by atoms with Gasteiger partial charge in [-0.25, -0.2) is 9.97 Å². The standard InChI is InChI=1S/C41H24ClN3/c42-39-33(25-43)24-36(34-12-6-7-13-35(34)39)41-44-38-21-20-31(29-16-14-28(15-17-29)26-8-2-1-3-9-26)23-37(38)40(45-41)32-19-18-27-10-4-5-11-30(27)22-32/h1-24H. The second-order valence-corrected chi connectivity index (χ2v) is 11.5. The van der Waals surface area contributed by atoms with Crippen molar-refractivity contribution >= 4 is 44.0 Å². The van der Waals surface area contributed by atoms with Gasteiger partial charge in [-0.3, -0.25) is 0 Å². The first kappa shape index (κ1) is 26.8. The zero-order valence-corrected chi connectivity index (χ0v) is 24.8. The van der Waals surface area contributed by atoms with Crippen molar-refractivity contribution in [1.82, 2.24) is 9.97 Å². The van der Waals surface area contributed by atoms with Gasteiger partial charge in [-0.1, -0.05) is 133 Å². The number of hydrogen-bond donors (Lipinski definition) is 0. The largest absolute Gasteiger partial charge is 0.228 e. The molecule has 45 heavy (non-hydrogen) atoms. The van der Waals surface area contributed by atoms with Crippen LogP contribution in [-0.4, -0.2) is 9.97 Å². The third kappa shape index (κ3) is 4.79. The maximum atomic E-state index is 9.90. The molecule has 0 bridgehead atoms. The molecule has 8 rings (SSSR count). The van der Waals surface area contributed by atoms with Gasteiger partial charge in [0.2, 0.25) is 0 Å². The monoisotopic (exact) mass is 593 g/mol. The van der Waals surface area contributed by atoms with Gasteiger partial charge in [0.05, 0.1) is 21.8 Å². The molecule has 1 heterocycles. The molecule has 0 spiro atoms. The van der Waals surface area contributed by atoms with Crippen LogP contribution in [-0.2, 0) is 0 Å². The van der Waals surface area contributed by atoms with Crippen molar-refractivity contribution in [3.63, 3.8) is 0 Å². The minimum absolute atomic E-state index is 0.399. The normalized spacial score (nSPS) is 11.2. The number of hydrogen-bond acceptors (Lipinski definition) is 3. The third-order valence-electron chi connectivity index (χ3n) is 8.38. The van der Waals surface area contributed by atoms with Crippen LogP contribution >= 0.6 is 11.6 Å². The molecule has 0 unspecified atom stereocenters. The van der Waals surface area contributed by atoms with E-state index in [4.69, 9.17) is 21.6 Å². The fourth-order valence-corrected chi connectivity index (χ4v) is 6.34. The second kappa shape index (κ2) is 11.0. The molecule has 0 amide bonds. The Labute approximate surface area is 265 Å². The van der Waals surface area contributed by atoms with Crippen LogP contribution < -0.4 is 0 Å². The van der Waals surface area contributed by atoms with Crippen molar-refractivity contribution in [2.45, 2.75) is 0 Å². The zero-order chi connectivity index (χ0) is 30.3. The highest BCUT2D eigenvalue weighted by Gasteiger charge is 2.18. The van der Waals surface area contributed by atoms with E-state index in [1.165, 1.54) is 16.5 Å². The highest BCUT2D eigenvalue weighted by molar-refractivity contribution is 6.37. The molecule has 8 aromatic rings. The molecule has 210 valence electrons. The summed E-state index contributed by atoms with van der Waals surface area (Å²) in [6.45, 7) is 0. The summed E-state index contributed by atoms with van der Waals surface area (Å²) in [5.74, 6) is 0.551. The summed E-state index contributed by atoms with van der Waals surface area (Å²) in [5.41, 5.74) is 8.40. The van der Waals surface area contributed by atoms with Crippen molar-refractivity contribution in [3.05, 3.63) is 156 Å². The predicted molar refractivity (Wildman–Crippen MR) is 186 cm³/mol. The fourth-order valence-electron chi connectivity index (χ4n) is 6.08. The Balaban J connectivity index is 1.35. The number of nitriles is 1. The molecule has 0 N–H and O–H groups in total. The van der Waals surface area contributed by atoms with E-state index in [-0.39, 0.29) is 0 Å².